The van der Waals surface area contributed by atoms with E-state index in [4.69, 9.17) is 9.57 Å². The highest BCUT2D eigenvalue weighted by Crippen LogP contribution is 2.46. The molecule has 4 heterocycles. The second-order valence-electron chi connectivity index (χ2n) is 11.1. The van der Waals surface area contributed by atoms with Crippen LogP contribution in [0.3, 0.4) is 0 Å². The normalized spacial score (nSPS) is 22.5. The molecule has 1 N–H and O–H groups in total. The zero-order valence-electron chi connectivity index (χ0n) is 23.3. The van der Waals surface area contributed by atoms with Crippen molar-refractivity contribution in [3.63, 3.8) is 0 Å². The third-order valence-corrected chi connectivity index (χ3v) is 8.43. The van der Waals surface area contributed by atoms with Crippen LogP contribution < -0.4 is 15.5 Å². The van der Waals surface area contributed by atoms with Gasteiger partial charge in [0.25, 0.3) is 11.8 Å². The van der Waals surface area contributed by atoms with Crippen molar-refractivity contribution in [1.29, 1.82) is 0 Å². The fourth-order valence-corrected chi connectivity index (χ4v) is 6.04. The number of nitrogens with one attached hydrogen (secondary N) is 1. The van der Waals surface area contributed by atoms with Crippen molar-refractivity contribution in [2.45, 2.75) is 57.0 Å². The Hall–Kier alpha value is -4.61. The number of ether oxygens (including phenoxy) is 1. The highest BCUT2D eigenvalue weighted by atomic mass is 19.1. The van der Waals surface area contributed by atoms with Crippen LogP contribution in [0.2, 0.25) is 0 Å². The number of hydrogen-bond acceptors (Lipinski definition) is 6. The van der Waals surface area contributed by atoms with Crippen molar-refractivity contribution < 1.29 is 32.3 Å². The van der Waals surface area contributed by atoms with Gasteiger partial charge in [0.05, 0.1) is 11.8 Å². The Morgan fingerprint density at radius 3 is 2.70 bits per heavy atom. The molecule has 43 heavy (non-hydrogen) atoms. The van der Waals surface area contributed by atoms with Crippen LogP contribution in [-0.2, 0) is 18.0 Å². The van der Waals surface area contributed by atoms with Gasteiger partial charge in [0, 0.05) is 43.4 Å². The number of oxime groups is 1. The van der Waals surface area contributed by atoms with Crippen molar-refractivity contribution in [2.75, 3.05) is 13.2 Å². The first-order valence-corrected chi connectivity index (χ1v) is 14.0. The van der Waals surface area contributed by atoms with Gasteiger partial charge in [0.1, 0.15) is 30.5 Å². The maximum absolute atomic E-state index is 14.2. The van der Waals surface area contributed by atoms with Gasteiger partial charge in [-0.05, 0) is 31.4 Å². The van der Waals surface area contributed by atoms with Gasteiger partial charge in [0.15, 0.2) is 17.0 Å². The van der Waals surface area contributed by atoms with Gasteiger partial charge >= 0.3 is 0 Å². The molecule has 3 aliphatic rings. The maximum atomic E-state index is 14.2. The van der Waals surface area contributed by atoms with E-state index in [0.717, 1.165) is 11.6 Å². The van der Waals surface area contributed by atoms with Crippen LogP contribution >= 0.6 is 0 Å². The van der Waals surface area contributed by atoms with Crippen molar-refractivity contribution in [1.82, 2.24) is 14.8 Å². The minimum Gasteiger partial charge on any atom is -0.483 e. The molecular formula is C31H29F3N4O5. The molecule has 3 atom stereocenters. The second kappa shape index (κ2) is 11.2. The first-order valence-electron chi connectivity index (χ1n) is 14.0. The highest BCUT2D eigenvalue weighted by Gasteiger charge is 2.54. The average molecular weight is 595 g/mol. The van der Waals surface area contributed by atoms with E-state index < -0.39 is 47.2 Å². The van der Waals surface area contributed by atoms with Gasteiger partial charge in [-0.3, -0.25) is 14.4 Å². The van der Waals surface area contributed by atoms with E-state index in [1.807, 2.05) is 13.0 Å². The van der Waals surface area contributed by atoms with Crippen molar-refractivity contribution >= 4 is 17.5 Å². The molecule has 0 saturated carbocycles. The van der Waals surface area contributed by atoms with Crippen LogP contribution in [-0.4, -0.2) is 51.9 Å². The predicted octanol–water partition coefficient (Wildman–Crippen LogP) is 4.30. The van der Waals surface area contributed by atoms with Gasteiger partial charge in [-0.2, -0.15) is 0 Å². The topological polar surface area (TPSA) is 102 Å². The summed E-state index contributed by atoms with van der Waals surface area (Å²) in [6.07, 6.45) is 2.47. The number of aromatic nitrogens is 1. The Labute approximate surface area is 244 Å². The van der Waals surface area contributed by atoms with Crippen LogP contribution in [0, 0.1) is 11.6 Å². The lowest BCUT2D eigenvalue weighted by Gasteiger charge is -2.42. The fraction of sp³-hybridized carbons (Fsp3) is 0.355. The lowest BCUT2D eigenvalue weighted by Crippen LogP contribution is -2.52. The van der Waals surface area contributed by atoms with Crippen LogP contribution in [0.15, 0.2) is 64.7 Å². The molecule has 1 fully saturated rings. The van der Waals surface area contributed by atoms with Crippen LogP contribution in [0.5, 0.6) is 5.75 Å². The van der Waals surface area contributed by atoms with Crippen LogP contribution in [0.25, 0.3) is 0 Å². The van der Waals surface area contributed by atoms with Gasteiger partial charge in [-0.1, -0.05) is 41.6 Å². The molecule has 2 bridgehead atoms. The number of nitrogens with zero attached hydrogens (tertiary/aromatic N) is 3. The summed E-state index contributed by atoms with van der Waals surface area (Å²) in [4.78, 5) is 48.8. The third kappa shape index (κ3) is 5.15. The van der Waals surface area contributed by atoms with Gasteiger partial charge < -0.3 is 24.4 Å². The standard InChI is InChI=1S/C31H29F3N4O5/c1-18-9-10-31(12-22(13-32)36-43-31)25-16-37(18)30(41)26-28(42-17-19-5-3-2-4-6-19)27(39)23(15-38(25)26)29(40)35-14-20-7-8-21(33)11-24(20)34/h2-8,11,15,18,25H,9-10,12-14,16-17H2,1H3,(H,35,40)/t18-,25+,31-/m0/s1. The van der Waals surface area contributed by atoms with Gasteiger partial charge in [0.2, 0.25) is 5.43 Å². The summed E-state index contributed by atoms with van der Waals surface area (Å²) in [7, 11) is 0. The monoisotopic (exact) mass is 594 g/mol. The molecular weight excluding hydrogens is 565 g/mol. The first-order chi connectivity index (χ1) is 20.7. The Morgan fingerprint density at radius 1 is 1.19 bits per heavy atom. The molecule has 6 rings (SSSR count). The van der Waals surface area contributed by atoms with E-state index in [1.165, 1.54) is 16.8 Å². The summed E-state index contributed by atoms with van der Waals surface area (Å²) >= 11 is 0. The fourth-order valence-electron chi connectivity index (χ4n) is 6.04. The Bertz CT molecular complexity index is 1680. The van der Waals surface area contributed by atoms with E-state index in [9.17, 15) is 27.6 Å². The Morgan fingerprint density at radius 2 is 1.98 bits per heavy atom. The zero-order chi connectivity index (χ0) is 30.3. The minimum atomic E-state index is -1.02. The summed E-state index contributed by atoms with van der Waals surface area (Å²) in [5.41, 5.74) is -1.23. The summed E-state index contributed by atoms with van der Waals surface area (Å²) in [5.74, 6) is -3.20. The summed E-state index contributed by atoms with van der Waals surface area (Å²) in [6.45, 7) is 0.919. The van der Waals surface area contributed by atoms with E-state index in [-0.39, 0.29) is 60.4 Å². The lowest BCUT2D eigenvalue weighted by atomic mass is 9.84. The van der Waals surface area contributed by atoms with E-state index in [0.29, 0.717) is 18.9 Å². The lowest BCUT2D eigenvalue weighted by molar-refractivity contribution is -0.0656. The number of pyridine rings is 1. The number of amides is 2. The molecule has 1 aromatic heterocycles. The number of carbonyl (C=O) groups excluding carboxylic acids is 2. The van der Waals surface area contributed by atoms with Crippen molar-refractivity contribution in [3.8, 4) is 5.75 Å². The number of halogens is 3. The third-order valence-electron chi connectivity index (χ3n) is 8.43. The van der Waals surface area contributed by atoms with E-state index >= 15 is 0 Å². The van der Waals surface area contributed by atoms with Crippen molar-refractivity contribution in [3.05, 3.63) is 99.0 Å². The van der Waals surface area contributed by atoms with Crippen LogP contribution in [0.1, 0.15) is 64.2 Å². The molecule has 2 amide bonds. The largest absolute Gasteiger partial charge is 0.483 e. The molecule has 0 aliphatic carbocycles. The molecule has 1 saturated heterocycles. The minimum absolute atomic E-state index is 0.0196. The Kier molecular flexibility index (Phi) is 7.45. The molecule has 12 heteroatoms. The molecule has 9 nitrogen and oxygen atoms in total. The summed E-state index contributed by atoms with van der Waals surface area (Å²) in [5, 5.41) is 6.50. The summed E-state index contributed by atoms with van der Waals surface area (Å²) < 4.78 is 48.8. The molecule has 224 valence electrons. The molecule has 1 spiro atoms. The molecule has 0 unspecified atom stereocenters. The number of carbonyl (C=O) groups is 2. The first kappa shape index (κ1) is 28.5. The molecule has 2 aromatic carbocycles. The Balaban J connectivity index is 1.45. The number of benzene rings is 2. The van der Waals surface area contributed by atoms with Crippen molar-refractivity contribution in [2.24, 2.45) is 5.16 Å². The van der Waals surface area contributed by atoms with E-state index in [1.54, 1.807) is 29.2 Å². The smallest absolute Gasteiger partial charge is 0.274 e. The number of fused-ring (bicyclic) bond motifs is 5. The van der Waals surface area contributed by atoms with Gasteiger partial charge in [-0.25, -0.2) is 13.2 Å². The average Bonchev–Trinajstić information content (AvgIpc) is 3.38. The maximum Gasteiger partial charge on any atom is 0.274 e. The van der Waals surface area contributed by atoms with Crippen LogP contribution in [0.4, 0.5) is 13.2 Å². The van der Waals surface area contributed by atoms with E-state index in [2.05, 4.69) is 10.5 Å². The zero-order valence-corrected chi connectivity index (χ0v) is 23.3. The quantitative estimate of drug-likeness (QED) is 0.440. The van der Waals surface area contributed by atoms with Gasteiger partial charge in [-0.15, -0.1) is 0 Å². The SMILES string of the molecule is C[C@H]1CC[C@]2(CC(CF)=NO2)[C@H]2CN1C(=O)c1c(OCc3ccccc3)c(=O)c(C(=O)NCc3ccc(F)cc3F)cn12. The second-order valence-corrected chi connectivity index (χ2v) is 11.1. The molecule has 0 radical (unpaired) electrons. The number of rotatable bonds is 7. The summed E-state index contributed by atoms with van der Waals surface area (Å²) in [6, 6.07) is 11.1. The number of hydrogen-bond donors (Lipinski definition) is 1. The predicted molar refractivity (Wildman–Crippen MR) is 150 cm³/mol. The number of alkyl halides is 1. The molecule has 3 aliphatic heterocycles. The molecule has 3 aromatic rings. The highest BCUT2D eigenvalue weighted by molar-refractivity contribution is 5.99.